The molecule has 0 aliphatic heterocycles. The molecule has 0 saturated heterocycles. The number of carbonyl (C=O) groups is 1. The molecular formula is C24H19F4N3O3. The predicted molar refractivity (Wildman–Crippen MR) is 117 cm³/mol. The van der Waals surface area contributed by atoms with E-state index in [0.717, 1.165) is 12.1 Å². The van der Waals surface area contributed by atoms with E-state index in [4.69, 9.17) is 9.84 Å². The number of rotatable bonds is 6. The first-order chi connectivity index (χ1) is 15.9. The molecule has 0 atom stereocenters. The van der Waals surface area contributed by atoms with E-state index in [1.54, 1.807) is 18.2 Å². The minimum Gasteiger partial charge on any atom is -0.481 e. The van der Waals surface area contributed by atoms with E-state index in [0.29, 0.717) is 11.1 Å². The van der Waals surface area contributed by atoms with Crippen molar-refractivity contribution in [2.45, 2.75) is 20.0 Å². The second kappa shape index (κ2) is 8.44. The zero-order valence-electron chi connectivity index (χ0n) is 18.1. The van der Waals surface area contributed by atoms with Crippen molar-refractivity contribution >= 4 is 17.0 Å². The summed E-state index contributed by atoms with van der Waals surface area (Å²) in [5.74, 6) is -1.27. The van der Waals surface area contributed by atoms with E-state index >= 15 is 0 Å². The van der Waals surface area contributed by atoms with Crippen molar-refractivity contribution in [3.63, 3.8) is 0 Å². The highest BCUT2D eigenvalue weighted by atomic mass is 19.4. The first-order valence-corrected chi connectivity index (χ1v) is 10.1. The molecule has 0 fully saturated rings. The molecule has 6 nitrogen and oxygen atoms in total. The van der Waals surface area contributed by atoms with Gasteiger partial charge in [-0.05, 0) is 55.8 Å². The number of imidazole rings is 1. The van der Waals surface area contributed by atoms with Gasteiger partial charge in [-0.25, -0.2) is 14.4 Å². The van der Waals surface area contributed by atoms with Crippen LogP contribution in [0.5, 0.6) is 5.88 Å². The topological polar surface area (TPSA) is 88.1 Å². The molecule has 0 radical (unpaired) electrons. The number of nitrogens with zero attached hydrogens (tertiary/aromatic N) is 2. The third-order valence-electron chi connectivity index (χ3n) is 5.26. The predicted octanol–water partition coefficient (Wildman–Crippen LogP) is 5.94. The van der Waals surface area contributed by atoms with Gasteiger partial charge in [-0.15, -0.1) is 0 Å². The first kappa shape index (κ1) is 23.2. The van der Waals surface area contributed by atoms with E-state index in [2.05, 4.69) is 15.0 Å². The fourth-order valence-corrected chi connectivity index (χ4v) is 3.15. The average Bonchev–Trinajstić information content (AvgIpc) is 3.20. The highest BCUT2D eigenvalue weighted by Gasteiger charge is 2.31. The lowest BCUT2D eigenvalue weighted by molar-refractivity contribution is -0.148. The van der Waals surface area contributed by atoms with E-state index < -0.39 is 28.9 Å². The standard InChI is InChI=1S/C24H19F4N3O3/c1-23(2,22(32)33)12-34-20-8-4-14(11-29-20)13-3-6-16(17(25)9-13)21-30-18-7-5-15(24(26,27)28)10-19(18)31-21/h3-11H,12H2,1-2H3,(H,30,31)(H,32,33). The summed E-state index contributed by atoms with van der Waals surface area (Å²) in [7, 11) is 0. The van der Waals surface area contributed by atoms with Gasteiger partial charge in [0, 0.05) is 17.8 Å². The van der Waals surface area contributed by atoms with Gasteiger partial charge in [0.1, 0.15) is 18.2 Å². The van der Waals surface area contributed by atoms with E-state index in [1.807, 2.05) is 0 Å². The van der Waals surface area contributed by atoms with Crippen LogP contribution < -0.4 is 4.74 Å². The molecular weight excluding hydrogens is 454 g/mol. The van der Waals surface area contributed by atoms with Gasteiger partial charge in [0.2, 0.25) is 5.88 Å². The Balaban J connectivity index is 1.55. The van der Waals surface area contributed by atoms with Crippen molar-refractivity contribution in [2.24, 2.45) is 5.41 Å². The van der Waals surface area contributed by atoms with Crippen LogP contribution in [0, 0.1) is 11.2 Å². The number of aromatic nitrogens is 3. The van der Waals surface area contributed by atoms with Gasteiger partial charge in [0.15, 0.2) is 0 Å². The minimum atomic E-state index is -4.49. The van der Waals surface area contributed by atoms with Crippen molar-refractivity contribution in [2.75, 3.05) is 6.61 Å². The van der Waals surface area contributed by atoms with Crippen LogP contribution in [0.4, 0.5) is 17.6 Å². The Hall–Kier alpha value is -3.95. The number of alkyl halides is 3. The van der Waals surface area contributed by atoms with Gasteiger partial charge in [-0.1, -0.05) is 6.07 Å². The summed E-state index contributed by atoms with van der Waals surface area (Å²) >= 11 is 0. The molecule has 4 aromatic rings. The maximum atomic E-state index is 14.9. The normalized spacial score (nSPS) is 12.2. The molecule has 2 N–H and O–H groups in total. The summed E-state index contributed by atoms with van der Waals surface area (Å²) in [6.45, 7) is 3.00. The van der Waals surface area contributed by atoms with Gasteiger partial charge in [0.25, 0.3) is 0 Å². The molecule has 0 spiro atoms. The maximum Gasteiger partial charge on any atom is 0.416 e. The van der Waals surface area contributed by atoms with Crippen LogP contribution in [-0.2, 0) is 11.0 Å². The van der Waals surface area contributed by atoms with Crippen molar-refractivity contribution < 1.29 is 32.2 Å². The summed E-state index contributed by atoms with van der Waals surface area (Å²) in [5, 5.41) is 9.14. The largest absolute Gasteiger partial charge is 0.481 e. The number of aliphatic carboxylic acids is 1. The van der Waals surface area contributed by atoms with Crippen LogP contribution in [0.1, 0.15) is 19.4 Å². The summed E-state index contributed by atoms with van der Waals surface area (Å²) in [6, 6.07) is 10.7. The van der Waals surface area contributed by atoms with Gasteiger partial charge in [0.05, 0.1) is 27.6 Å². The van der Waals surface area contributed by atoms with Crippen molar-refractivity contribution in [1.82, 2.24) is 15.0 Å². The van der Waals surface area contributed by atoms with Gasteiger partial charge < -0.3 is 14.8 Å². The van der Waals surface area contributed by atoms with Crippen LogP contribution >= 0.6 is 0 Å². The number of hydrogen-bond acceptors (Lipinski definition) is 4. The first-order valence-electron chi connectivity index (χ1n) is 10.1. The number of fused-ring (bicyclic) bond motifs is 1. The van der Waals surface area contributed by atoms with E-state index in [1.165, 1.54) is 38.2 Å². The molecule has 4 rings (SSSR count). The number of aromatic amines is 1. The minimum absolute atomic E-state index is 0.0695. The number of ether oxygens (including phenoxy) is 1. The summed E-state index contributed by atoms with van der Waals surface area (Å²) < 4.78 is 59.1. The molecule has 2 aromatic heterocycles. The average molecular weight is 473 g/mol. The van der Waals surface area contributed by atoms with Crippen LogP contribution in [0.25, 0.3) is 33.5 Å². The number of pyridine rings is 1. The second-order valence-corrected chi connectivity index (χ2v) is 8.37. The summed E-state index contributed by atoms with van der Waals surface area (Å²) in [6.07, 6.45) is -3.02. The number of carboxylic acid groups (broad SMARTS) is 1. The molecule has 0 unspecified atom stereocenters. The Labute approximate surface area is 191 Å². The third-order valence-corrected chi connectivity index (χ3v) is 5.26. The zero-order chi connectivity index (χ0) is 24.7. The number of halogens is 4. The summed E-state index contributed by atoms with van der Waals surface area (Å²) in [4.78, 5) is 22.2. The van der Waals surface area contributed by atoms with E-state index in [9.17, 15) is 22.4 Å². The van der Waals surface area contributed by atoms with Gasteiger partial charge in [-0.2, -0.15) is 13.2 Å². The second-order valence-electron chi connectivity index (χ2n) is 8.37. The van der Waals surface area contributed by atoms with Crippen LogP contribution in [0.2, 0.25) is 0 Å². The smallest absolute Gasteiger partial charge is 0.416 e. The Morgan fingerprint density at radius 2 is 1.79 bits per heavy atom. The number of benzene rings is 2. The maximum absolute atomic E-state index is 14.9. The molecule has 0 amide bonds. The molecule has 0 aliphatic carbocycles. The SMILES string of the molecule is CC(C)(COc1ccc(-c2ccc(-c3nc4ccc(C(F)(F)F)cc4[nH]3)c(F)c2)cn1)C(=O)O. The molecule has 0 aliphatic rings. The Morgan fingerprint density at radius 1 is 1.06 bits per heavy atom. The Morgan fingerprint density at radius 3 is 2.41 bits per heavy atom. The van der Waals surface area contributed by atoms with Crippen LogP contribution in [0.3, 0.4) is 0 Å². The lowest BCUT2D eigenvalue weighted by Gasteiger charge is -2.19. The fourth-order valence-electron chi connectivity index (χ4n) is 3.15. The van der Waals surface area contributed by atoms with E-state index in [-0.39, 0.29) is 34.9 Å². The zero-order valence-corrected chi connectivity index (χ0v) is 18.1. The Bertz CT molecular complexity index is 1360. The number of carboxylic acids is 1. The lowest BCUT2D eigenvalue weighted by atomic mass is 9.95. The molecule has 10 heteroatoms. The van der Waals surface area contributed by atoms with Crippen molar-refractivity contribution in [3.05, 3.63) is 66.1 Å². The Kier molecular flexibility index (Phi) is 5.76. The molecule has 2 aromatic carbocycles. The molecule has 176 valence electrons. The van der Waals surface area contributed by atoms with Crippen molar-refractivity contribution in [1.29, 1.82) is 0 Å². The molecule has 2 heterocycles. The third kappa shape index (κ3) is 4.70. The van der Waals surface area contributed by atoms with Crippen LogP contribution in [-0.4, -0.2) is 32.6 Å². The highest BCUT2D eigenvalue weighted by Crippen LogP contribution is 2.33. The van der Waals surface area contributed by atoms with Crippen molar-refractivity contribution in [3.8, 4) is 28.4 Å². The lowest BCUT2D eigenvalue weighted by Crippen LogP contribution is -2.30. The molecule has 0 saturated carbocycles. The molecule has 34 heavy (non-hydrogen) atoms. The van der Waals surface area contributed by atoms with Gasteiger partial charge >= 0.3 is 12.1 Å². The monoisotopic (exact) mass is 473 g/mol. The fraction of sp³-hybridized carbons (Fsp3) is 0.208. The number of hydrogen-bond donors (Lipinski definition) is 2. The molecule has 0 bridgehead atoms. The quantitative estimate of drug-likeness (QED) is 0.339. The van der Waals surface area contributed by atoms with Crippen LogP contribution in [0.15, 0.2) is 54.7 Å². The highest BCUT2D eigenvalue weighted by molar-refractivity contribution is 5.81. The summed E-state index contributed by atoms with van der Waals surface area (Å²) in [5.41, 5.74) is -0.243. The number of nitrogens with one attached hydrogen (secondary N) is 1. The number of H-pyrrole nitrogens is 1. The van der Waals surface area contributed by atoms with Gasteiger partial charge in [-0.3, -0.25) is 4.79 Å².